The fourth-order valence-corrected chi connectivity index (χ4v) is 3.19. The van der Waals surface area contributed by atoms with Gasteiger partial charge in [0.15, 0.2) is 0 Å². The standard InChI is InChI=1S/C20H11N4.Mn/c1-2-14-10-16-5-6-18(23-16)12-20-8-7-19(24-20)11-17-4-3-15(22-17)9-13(1)21-14;/h1-7,9-12H;. The Hall–Kier alpha value is -2.88. The Morgan fingerprint density at radius 1 is 0.480 bits per heavy atom. The van der Waals surface area contributed by atoms with Crippen LogP contribution < -0.4 is 0 Å². The minimum absolute atomic E-state index is 0.857. The van der Waals surface area contributed by atoms with Crippen molar-refractivity contribution in [3.8, 4) is 0 Å². The van der Waals surface area contributed by atoms with Crippen molar-refractivity contribution in [1.29, 1.82) is 0 Å². The molecule has 0 aliphatic carbocycles. The topological polar surface area (TPSA) is 49.4 Å². The van der Waals surface area contributed by atoms with Crippen molar-refractivity contribution < 1.29 is 16.0 Å². The molecular weight excluding hydrogens is 351 g/mol. The number of aliphatic imine (C=N–C) groups is 4. The Balaban J connectivity index is 1.66. The van der Waals surface area contributed by atoms with Gasteiger partial charge in [-0.25, -0.2) is 0 Å². The fraction of sp³-hybridized carbons (Fsp3) is 0. The van der Waals surface area contributed by atoms with Crippen LogP contribution in [0, 0.1) is 0 Å². The first-order valence-electron chi connectivity index (χ1n) is 7.85. The first-order chi connectivity index (χ1) is 12.2. The molecule has 0 saturated carbocycles. The van der Waals surface area contributed by atoms with Gasteiger partial charge in [0.25, 0.3) is 0 Å². The molecule has 0 unspecified atom stereocenters. The van der Waals surface area contributed by atoms with E-state index in [1.165, 1.54) is 0 Å². The second-order valence-corrected chi connectivity index (χ2v) is 6.51. The predicted molar refractivity (Wildman–Crippen MR) is 97.6 cm³/mol. The number of fused-ring (bicyclic) bond motifs is 4. The summed E-state index contributed by atoms with van der Waals surface area (Å²) in [6.07, 6.45) is 21.8. The van der Waals surface area contributed by atoms with E-state index < -0.39 is 0 Å². The second-order valence-electron chi connectivity index (χ2n) is 5.88. The maximum atomic E-state index is 4.65. The average molecular weight is 362 g/mol. The molecule has 0 radical (unpaired) electrons. The molecule has 0 amide bonds. The summed E-state index contributed by atoms with van der Waals surface area (Å²) >= 11 is 3.57. The van der Waals surface area contributed by atoms with E-state index in [1.807, 2.05) is 66.8 Å². The molecule has 5 heteroatoms. The molecule has 0 fully saturated rings. The van der Waals surface area contributed by atoms with E-state index in [0.717, 1.165) is 50.1 Å². The summed E-state index contributed by atoms with van der Waals surface area (Å²) in [5, 5.41) is 0. The molecule has 0 spiro atoms. The molecule has 0 aromatic rings. The number of hydrogen-bond donors (Lipinski definition) is 0. The number of allylic oxidation sites excluding steroid dienone is 12. The van der Waals surface area contributed by atoms with Gasteiger partial charge in [-0.2, -0.15) is 0 Å². The maximum absolute atomic E-state index is 4.65. The summed E-state index contributed by atoms with van der Waals surface area (Å²) < 4.78 is 0.942. The quantitative estimate of drug-likeness (QED) is 0.593. The van der Waals surface area contributed by atoms with Gasteiger partial charge in [-0.05, 0) is 0 Å². The van der Waals surface area contributed by atoms with Crippen molar-refractivity contribution in [2.24, 2.45) is 20.0 Å². The van der Waals surface area contributed by atoms with Crippen molar-refractivity contribution in [2.45, 2.75) is 0 Å². The molecule has 5 aliphatic rings. The van der Waals surface area contributed by atoms with E-state index in [1.54, 1.807) is 0 Å². The van der Waals surface area contributed by atoms with Crippen LogP contribution >= 0.6 is 0 Å². The van der Waals surface area contributed by atoms with Crippen molar-refractivity contribution in [3.05, 3.63) is 94.1 Å². The molecular formula is C20H11MnN4. The van der Waals surface area contributed by atoms with Crippen LogP contribution in [0.5, 0.6) is 0 Å². The fourth-order valence-electron chi connectivity index (χ4n) is 2.86. The van der Waals surface area contributed by atoms with Gasteiger partial charge in [0.2, 0.25) is 0 Å². The zero-order chi connectivity index (χ0) is 16.8. The Morgan fingerprint density at radius 3 is 1.52 bits per heavy atom. The summed E-state index contributed by atoms with van der Waals surface area (Å²) in [6.45, 7) is 0. The SMILES string of the molecule is [Mn][C]1=CC2=CC3=NC(=CC4=NC(=CC5=NC(=CC1=N2)C=C5)C=C4)C=C3. The van der Waals surface area contributed by atoms with Crippen LogP contribution in [-0.4, -0.2) is 22.8 Å². The number of nitrogens with zero attached hydrogens (tertiary/aromatic N) is 4. The molecule has 4 nitrogen and oxygen atoms in total. The van der Waals surface area contributed by atoms with Crippen LogP contribution in [0.1, 0.15) is 0 Å². The van der Waals surface area contributed by atoms with Gasteiger partial charge in [0.05, 0.1) is 0 Å². The van der Waals surface area contributed by atoms with Gasteiger partial charge in [-0.1, -0.05) is 0 Å². The first-order valence-corrected chi connectivity index (χ1v) is 8.44. The predicted octanol–water partition coefficient (Wildman–Crippen LogP) is 3.45. The van der Waals surface area contributed by atoms with Gasteiger partial charge in [-0.3, -0.25) is 0 Å². The van der Waals surface area contributed by atoms with E-state index in [9.17, 15) is 0 Å². The van der Waals surface area contributed by atoms with Crippen molar-refractivity contribution in [2.75, 3.05) is 0 Å². The molecule has 8 bridgehead atoms. The molecule has 5 aliphatic heterocycles. The third-order valence-corrected chi connectivity index (χ3v) is 4.46. The van der Waals surface area contributed by atoms with Crippen LogP contribution in [0.15, 0.2) is 114 Å². The normalized spacial score (nSPS) is 22.7. The summed E-state index contributed by atoms with van der Waals surface area (Å²) in [5.74, 6) is 0. The van der Waals surface area contributed by atoms with Gasteiger partial charge in [0, 0.05) is 0 Å². The van der Waals surface area contributed by atoms with Crippen LogP contribution in [0.4, 0.5) is 0 Å². The summed E-state index contributed by atoms with van der Waals surface area (Å²) in [6, 6.07) is 0. The van der Waals surface area contributed by atoms with Crippen molar-refractivity contribution in [1.82, 2.24) is 0 Å². The second kappa shape index (κ2) is 5.59. The average Bonchev–Trinajstić information content (AvgIpc) is 3.33. The van der Waals surface area contributed by atoms with Crippen LogP contribution in [0.3, 0.4) is 0 Å². The summed E-state index contributed by atoms with van der Waals surface area (Å²) in [7, 11) is 0. The van der Waals surface area contributed by atoms with E-state index in [0.29, 0.717) is 0 Å². The number of hydrogen-bond acceptors (Lipinski definition) is 4. The van der Waals surface area contributed by atoms with E-state index in [4.69, 9.17) is 0 Å². The molecule has 0 aromatic heterocycles. The van der Waals surface area contributed by atoms with Crippen LogP contribution in [-0.2, 0) is 16.0 Å². The van der Waals surface area contributed by atoms with Gasteiger partial charge in [0.1, 0.15) is 0 Å². The first kappa shape index (κ1) is 14.5. The third-order valence-electron chi connectivity index (χ3n) is 3.99. The molecule has 0 saturated heterocycles. The summed E-state index contributed by atoms with van der Waals surface area (Å²) in [4.78, 5) is 18.5. The molecule has 118 valence electrons. The van der Waals surface area contributed by atoms with E-state index in [-0.39, 0.29) is 0 Å². The number of rotatable bonds is 0. The van der Waals surface area contributed by atoms with E-state index >= 15 is 0 Å². The Labute approximate surface area is 153 Å². The molecule has 5 heterocycles. The molecule has 5 rings (SSSR count). The zero-order valence-corrected chi connectivity index (χ0v) is 14.2. The Morgan fingerprint density at radius 2 is 0.960 bits per heavy atom. The van der Waals surface area contributed by atoms with Gasteiger partial charge in [-0.15, -0.1) is 0 Å². The van der Waals surface area contributed by atoms with Crippen LogP contribution in [0.2, 0.25) is 0 Å². The van der Waals surface area contributed by atoms with Crippen molar-refractivity contribution >= 4 is 22.8 Å². The molecule has 0 aromatic carbocycles. The van der Waals surface area contributed by atoms with E-state index in [2.05, 4.69) is 36.0 Å². The third kappa shape index (κ3) is 2.84. The van der Waals surface area contributed by atoms with Gasteiger partial charge < -0.3 is 0 Å². The molecule has 0 N–H and O–H groups in total. The Kier molecular flexibility index (Phi) is 3.23. The van der Waals surface area contributed by atoms with Gasteiger partial charge >= 0.3 is 153 Å². The summed E-state index contributed by atoms with van der Waals surface area (Å²) in [5.41, 5.74) is 7.00. The molecule has 0 atom stereocenters. The minimum atomic E-state index is 0.857. The zero-order valence-electron chi connectivity index (χ0n) is 13.0. The monoisotopic (exact) mass is 362 g/mol. The Bertz CT molecular complexity index is 1080. The van der Waals surface area contributed by atoms with Crippen molar-refractivity contribution in [3.63, 3.8) is 0 Å². The molecule has 25 heavy (non-hydrogen) atoms. The van der Waals surface area contributed by atoms with Crippen LogP contribution in [0.25, 0.3) is 0 Å².